The summed E-state index contributed by atoms with van der Waals surface area (Å²) in [5, 5.41) is 0.770. The Bertz CT molecular complexity index is 761. The molecule has 25 heavy (non-hydrogen) atoms. The van der Waals surface area contributed by atoms with Crippen molar-refractivity contribution in [3.63, 3.8) is 0 Å². The highest BCUT2D eigenvalue weighted by molar-refractivity contribution is 6.35. The summed E-state index contributed by atoms with van der Waals surface area (Å²) in [4.78, 5) is 23.7. The second-order valence-corrected chi connectivity index (χ2v) is 6.49. The average molecular weight is 381 g/mol. The van der Waals surface area contributed by atoms with Gasteiger partial charge in [-0.2, -0.15) is 0 Å². The molecule has 0 saturated carbocycles. The lowest BCUT2D eigenvalue weighted by Crippen LogP contribution is -2.43. The molecule has 0 aromatic heterocycles. The molecular weight excluding hydrogens is 363 g/mol. The Morgan fingerprint density at radius 2 is 1.72 bits per heavy atom. The highest BCUT2D eigenvalue weighted by Gasteiger charge is 2.10. The predicted molar refractivity (Wildman–Crippen MR) is 98.1 cm³/mol. The topological polar surface area (TPSA) is 67.4 Å². The summed E-state index contributed by atoms with van der Waals surface area (Å²) in [6, 6.07) is 11.9. The second-order valence-electron chi connectivity index (χ2n) is 5.64. The maximum absolute atomic E-state index is 12.0. The first-order valence-corrected chi connectivity index (χ1v) is 8.39. The number of halogens is 2. The number of carbonyl (C=O) groups excluding carboxylic acids is 2. The molecule has 2 amide bonds. The van der Waals surface area contributed by atoms with Crippen LogP contribution in [0.5, 0.6) is 5.75 Å². The fourth-order valence-corrected chi connectivity index (χ4v) is 2.45. The van der Waals surface area contributed by atoms with E-state index in [1.807, 2.05) is 12.1 Å². The van der Waals surface area contributed by atoms with Crippen molar-refractivity contribution in [1.82, 2.24) is 10.9 Å². The van der Waals surface area contributed by atoms with E-state index in [4.69, 9.17) is 27.9 Å². The van der Waals surface area contributed by atoms with E-state index in [2.05, 4.69) is 24.7 Å². The van der Waals surface area contributed by atoms with Crippen LogP contribution in [-0.2, 0) is 4.79 Å². The van der Waals surface area contributed by atoms with Gasteiger partial charge in [0, 0.05) is 10.6 Å². The van der Waals surface area contributed by atoms with Crippen LogP contribution in [0.1, 0.15) is 35.7 Å². The SMILES string of the molecule is CC(C)c1ccc(C(=O)NNC(=O)COc2ccc(Cl)cc2Cl)cc1. The maximum atomic E-state index is 12.0. The van der Waals surface area contributed by atoms with Crippen LogP contribution in [0.25, 0.3) is 0 Å². The van der Waals surface area contributed by atoms with Crippen molar-refractivity contribution in [3.05, 3.63) is 63.6 Å². The van der Waals surface area contributed by atoms with Crippen LogP contribution in [-0.4, -0.2) is 18.4 Å². The third-order valence-corrected chi connectivity index (χ3v) is 3.94. The summed E-state index contributed by atoms with van der Waals surface area (Å²) >= 11 is 11.7. The van der Waals surface area contributed by atoms with Crippen molar-refractivity contribution in [1.29, 1.82) is 0 Å². The van der Waals surface area contributed by atoms with Gasteiger partial charge in [0.15, 0.2) is 6.61 Å². The molecule has 132 valence electrons. The van der Waals surface area contributed by atoms with Crippen molar-refractivity contribution in [2.45, 2.75) is 19.8 Å². The van der Waals surface area contributed by atoms with Gasteiger partial charge < -0.3 is 4.74 Å². The number of hydrazine groups is 1. The Kier molecular flexibility index (Phi) is 6.67. The first-order valence-electron chi connectivity index (χ1n) is 7.64. The summed E-state index contributed by atoms with van der Waals surface area (Å²) < 4.78 is 5.28. The molecule has 0 aliphatic heterocycles. The van der Waals surface area contributed by atoms with Crippen molar-refractivity contribution in [2.24, 2.45) is 0 Å². The lowest BCUT2D eigenvalue weighted by Gasteiger charge is -2.10. The van der Waals surface area contributed by atoms with Gasteiger partial charge in [0.05, 0.1) is 5.02 Å². The van der Waals surface area contributed by atoms with Gasteiger partial charge in [0.2, 0.25) is 0 Å². The normalized spacial score (nSPS) is 10.4. The van der Waals surface area contributed by atoms with Crippen molar-refractivity contribution in [3.8, 4) is 5.75 Å². The smallest absolute Gasteiger partial charge is 0.276 e. The number of hydrogen-bond acceptors (Lipinski definition) is 3. The zero-order valence-electron chi connectivity index (χ0n) is 13.8. The standard InChI is InChI=1S/C18H18Cl2N2O3/c1-11(2)12-3-5-13(6-4-12)18(24)22-21-17(23)10-25-16-8-7-14(19)9-15(16)20/h3-9,11H,10H2,1-2H3,(H,21,23)(H,22,24). The molecule has 2 rings (SSSR count). The van der Waals surface area contributed by atoms with E-state index >= 15 is 0 Å². The van der Waals surface area contributed by atoms with Gasteiger partial charge in [-0.3, -0.25) is 20.4 Å². The summed E-state index contributed by atoms with van der Waals surface area (Å²) in [5.41, 5.74) is 6.21. The van der Waals surface area contributed by atoms with Gasteiger partial charge >= 0.3 is 0 Å². The minimum absolute atomic E-state index is 0.298. The summed E-state index contributed by atoms with van der Waals surface area (Å²) in [5.74, 6) is -0.211. The molecule has 0 radical (unpaired) electrons. The van der Waals surface area contributed by atoms with Crippen LogP contribution in [0.3, 0.4) is 0 Å². The van der Waals surface area contributed by atoms with E-state index in [1.165, 1.54) is 6.07 Å². The fourth-order valence-electron chi connectivity index (χ4n) is 1.99. The summed E-state index contributed by atoms with van der Waals surface area (Å²) in [6.07, 6.45) is 0. The van der Waals surface area contributed by atoms with Gasteiger partial charge in [0.1, 0.15) is 5.75 Å². The third-order valence-electron chi connectivity index (χ3n) is 3.41. The molecule has 0 atom stereocenters. The van der Waals surface area contributed by atoms with E-state index in [1.54, 1.807) is 24.3 Å². The summed E-state index contributed by atoms with van der Waals surface area (Å²) in [7, 11) is 0. The third kappa shape index (κ3) is 5.66. The second kappa shape index (κ2) is 8.74. The largest absolute Gasteiger partial charge is 0.482 e. The highest BCUT2D eigenvalue weighted by atomic mass is 35.5. The highest BCUT2D eigenvalue weighted by Crippen LogP contribution is 2.27. The first-order chi connectivity index (χ1) is 11.9. The molecule has 0 unspecified atom stereocenters. The molecule has 0 bridgehead atoms. The number of rotatable bonds is 5. The number of ether oxygens (including phenoxy) is 1. The number of benzene rings is 2. The molecule has 5 nitrogen and oxygen atoms in total. The number of carbonyl (C=O) groups is 2. The van der Waals surface area contributed by atoms with E-state index < -0.39 is 11.8 Å². The molecule has 2 N–H and O–H groups in total. The Balaban J connectivity index is 1.81. The Morgan fingerprint density at radius 3 is 2.32 bits per heavy atom. The van der Waals surface area contributed by atoms with Crippen LogP contribution in [0.15, 0.2) is 42.5 Å². The zero-order valence-corrected chi connectivity index (χ0v) is 15.3. The van der Waals surface area contributed by atoms with Gasteiger partial charge in [-0.1, -0.05) is 49.2 Å². The lowest BCUT2D eigenvalue weighted by atomic mass is 10.0. The Hall–Kier alpha value is -2.24. The molecule has 0 aliphatic rings. The van der Waals surface area contributed by atoms with Crippen LogP contribution < -0.4 is 15.6 Å². The van der Waals surface area contributed by atoms with Crippen molar-refractivity contribution >= 4 is 35.0 Å². The molecule has 2 aromatic carbocycles. The van der Waals surface area contributed by atoms with Crippen molar-refractivity contribution < 1.29 is 14.3 Å². The van der Waals surface area contributed by atoms with Gasteiger partial charge in [-0.15, -0.1) is 0 Å². The Labute approximate surface area is 156 Å². The molecule has 0 aliphatic carbocycles. The number of amides is 2. The molecule has 0 saturated heterocycles. The number of nitrogens with one attached hydrogen (secondary N) is 2. The number of hydrogen-bond donors (Lipinski definition) is 2. The van der Waals surface area contributed by atoms with E-state index in [0.717, 1.165) is 5.56 Å². The fraction of sp³-hybridized carbons (Fsp3) is 0.222. The molecule has 0 fully saturated rings. The van der Waals surface area contributed by atoms with E-state index in [9.17, 15) is 9.59 Å². The van der Waals surface area contributed by atoms with E-state index in [0.29, 0.717) is 27.3 Å². The average Bonchev–Trinajstić information content (AvgIpc) is 2.59. The predicted octanol–water partition coefficient (Wildman–Crippen LogP) is 3.96. The minimum atomic E-state index is -0.516. The van der Waals surface area contributed by atoms with Gasteiger partial charge in [-0.25, -0.2) is 0 Å². The molecular formula is C18H18Cl2N2O3. The minimum Gasteiger partial charge on any atom is -0.482 e. The maximum Gasteiger partial charge on any atom is 0.276 e. The Morgan fingerprint density at radius 1 is 1.04 bits per heavy atom. The first kappa shape index (κ1) is 19.1. The van der Waals surface area contributed by atoms with E-state index in [-0.39, 0.29) is 6.61 Å². The van der Waals surface area contributed by atoms with Crippen LogP contribution in [0.2, 0.25) is 10.0 Å². The lowest BCUT2D eigenvalue weighted by molar-refractivity contribution is -0.123. The van der Waals surface area contributed by atoms with Gasteiger partial charge in [0.25, 0.3) is 11.8 Å². The van der Waals surface area contributed by atoms with Crippen molar-refractivity contribution in [2.75, 3.05) is 6.61 Å². The molecule has 2 aromatic rings. The molecule has 0 heterocycles. The summed E-state index contributed by atoms with van der Waals surface area (Å²) in [6.45, 7) is 3.85. The van der Waals surface area contributed by atoms with Gasteiger partial charge in [-0.05, 0) is 41.8 Å². The van der Waals surface area contributed by atoms with Crippen LogP contribution in [0.4, 0.5) is 0 Å². The van der Waals surface area contributed by atoms with Crippen LogP contribution >= 0.6 is 23.2 Å². The molecule has 7 heteroatoms. The zero-order chi connectivity index (χ0) is 18.4. The van der Waals surface area contributed by atoms with Crippen LogP contribution in [0, 0.1) is 0 Å². The molecule has 0 spiro atoms. The quantitative estimate of drug-likeness (QED) is 0.771. The monoisotopic (exact) mass is 380 g/mol.